The minimum atomic E-state index is 0. The van der Waals surface area contributed by atoms with Crippen LogP contribution in [0.4, 0.5) is 0 Å². The van der Waals surface area contributed by atoms with Crippen LogP contribution in [0.1, 0.15) is 5.69 Å². The van der Waals surface area contributed by atoms with Crippen molar-refractivity contribution < 1.29 is 19.5 Å². The first-order chi connectivity index (χ1) is 3.39. The summed E-state index contributed by atoms with van der Waals surface area (Å²) in [6.45, 7) is 3.61. The minimum absolute atomic E-state index is 0. The second-order valence-corrected chi connectivity index (χ2v) is 1.32. The molecule has 1 nitrogen and oxygen atoms in total. The summed E-state index contributed by atoms with van der Waals surface area (Å²) in [4.78, 5) is 3.87. The summed E-state index contributed by atoms with van der Waals surface area (Å²) in [7, 11) is 0. The van der Waals surface area contributed by atoms with E-state index in [-0.39, 0.29) is 19.5 Å². The van der Waals surface area contributed by atoms with Gasteiger partial charge in [0.1, 0.15) is 0 Å². The Morgan fingerprint density at radius 2 is 2.12 bits per heavy atom. The number of aromatic nitrogens is 1. The Morgan fingerprint density at radius 1 is 1.38 bits per heavy atom. The summed E-state index contributed by atoms with van der Waals surface area (Å²) in [5.74, 6) is 0. The molecule has 0 N–H and O–H groups in total. The normalized spacial score (nSPS) is 7.62. The van der Waals surface area contributed by atoms with Gasteiger partial charge in [-0.15, -0.1) is 0 Å². The van der Waals surface area contributed by atoms with Crippen molar-refractivity contribution in [3.63, 3.8) is 0 Å². The van der Waals surface area contributed by atoms with E-state index in [0.29, 0.717) is 0 Å². The van der Waals surface area contributed by atoms with E-state index in [1.165, 1.54) is 0 Å². The molecule has 0 saturated heterocycles. The summed E-state index contributed by atoms with van der Waals surface area (Å²) in [5.41, 5.74) is 0.822. The number of pyridine rings is 1. The van der Waals surface area contributed by atoms with Gasteiger partial charge in [-0.05, 0) is 19.1 Å². The predicted octanol–water partition coefficient (Wildman–Crippen LogP) is 1.26. The number of nitrogens with zero attached hydrogens (tertiary/aromatic N) is 1. The van der Waals surface area contributed by atoms with Crippen LogP contribution in [0.5, 0.6) is 0 Å². The van der Waals surface area contributed by atoms with Crippen LogP contribution in [-0.4, -0.2) is 4.98 Å². The maximum Gasteiger partial charge on any atom is 0.0407 e. The van der Waals surface area contributed by atoms with Crippen molar-refractivity contribution >= 4 is 0 Å². The maximum absolute atomic E-state index is 3.87. The van der Waals surface area contributed by atoms with Crippen molar-refractivity contribution in [2.24, 2.45) is 0 Å². The van der Waals surface area contributed by atoms with Crippen molar-refractivity contribution in [3.05, 3.63) is 37.0 Å². The standard InChI is InChI=1S/C6H6N.Zn/c1-6-4-2-3-5-7-6;/h2-5H,1H2;. The van der Waals surface area contributed by atoms with Crippen molar-refractivity contribution in [2.45, 2.75) is 0 Å². The fraction of sp³-hybridized carbons (Fsp3) is 0. The fourth-order valence-corrected chi connectivity index (χ4v) is 0.398. The van der Waals surface area contributed by atoms with Crippen molar-refractivity contribution in [1.82, 2.24) is 4.98 Å². The van der Waals surface area contributed by atoms with Gasteiger partial charge < -0.3 is 0 Å². The average molecular weight is 158 g/mol. The van der Waals surface area contributed by atoms with Gasteiger partial charge in [-0.2, -0.15) is 0 Å². The Bertz CT molecular complexity index is 138. The molecule has 0 atom stereocenters. The molecular formula is C6H6NZn. The molecule has 0 saturated carbocycles. The van der Waals surface area contributed by atoms with Crippen LogP contribution >= 0.6 is 0 Å². The van der Waals surface area contributed by atoms with Gasteiger partial charge in [0, 0.05) is 31.4 Å². The minimum Gasteiger partial charge on any atom is -0.261 e. The van der Waals surface area contributed by atoms with Gasteiger partial charge in [0.05, 0.1) is 0 Å². The second kappa shape index (κ2) is 3.74. The third-order valence-electron chi connectivity index (χ3n) is 0.726. The van der Waals surface area contributed by atoms with Gasteiger partial charge in [0.15, 0.2) is 0 Å². The fourth-order valence-electron chi connectivity index (χ4n) is 0.398. The van der Waals surface area contributed by atoms with E-state index in [1.807, 2.05) is 18.2 Å². The molecule has 0 aliphatic carbocycles. The van der Waals surface area contributed by atoms with E-state index in [0.717, 1.165) is 5.69 Å². The molecule has 2 heteroatoms. The van der Waals surface area contributed by atoms with Crippen LogP contribution in [0.3, 0.4) is 0 Å². The van der Waals surface area contributed by atoms with Gasteiger partial charge in [0.2, 0.25) is 0 Å². The zero-order valence-corrected chi connectivity index (χ0v) is 7.64. The molecule has 1 rings (SSSR count). The van der Waals surface area contributed by atoms with Crippen LogP contribution in [0, 0.1) is 6.92 Å². The van der Waals surface area contributed by atoms with Crippen LogP contribution in [0.15, 0.2) is 24.4 Å². The molecule has 0 aromatic carbocycles. The quantitative estimate of drug-likeness (QED) is 0.517. The molecule has 0 amide bonds. The number of rotatable bonds is 0. The Labute approximate surface area is 61.9 Å². The van der Waals surface area contributed by atoms with Crippen LogP contribution < -0.4 is 0 Å². The van der Waals surface area contributed by atoms with E-state index in [2.05, 4.69) is 11.9 Å². The van der Waals surface area contributed by atoms with E-state index in [9.17, 15) is 0 Å². The first kappa shape index (κ1) is 7.77. The zero-order valence-electron chi connectivity index (χ0n) is 4.67. The summed E-state index contributed by atoms with van der Waals surface area (Å²) in [5, 5.41) is 0. The molecule has 1 aromatic heterocycles. The molecule has 0 aliphatic rings. The van der Waals surface area contributed by atoms with E-state index < -0.39 is 0 Å². The van der Waals surface area contributed by atoms with Crippen molar-refractivity contribution in [1.29, 1.82) is 0 Å². The monoisotopic (exact) mass is 156 g/mol. The topological polar surface area (TPSA) is 12.9 Å². The van der Waals surface area contributed by atoms with Gasteiger partial charge in [-0.1, -0.05) is 6.07 Å². The first-order valence-corrected chi connectivity index (χ1v) is 2.12. The molecule has 0 bridgehead atoms. The van der Waals surface area contributed by atoms with Crippen LogP contribution in [0.2, 0.25) is 0 Å². The van der Waals surface area contributed by atoms with Crippen molar-refractivity contribution in [3.8, 4) is 0 Å². The second-order valence-electron chi connectivity index (χ2n) is 1.32. The summed E-state index contributed by atoms with van der Waals surface area (Å²) >= 11 is 0. The predicted molar refractivity (Wildman–Crippen MR) is 28.7 cm³/mol. The van der Waals surface area contributed by atoms with Crippen LogP contribution in [-0.2, 0) is 19.5 Å². The molecule has 1 aromatic rings. The average Bonchev–Trinajstić information content (AvgIpc) is 1.69. The molecular weight excluding hydrogens is 151 g/mol. The van der Waals surface area contributed by atoms with Gasteiger partial charge >= 0.3 is 0 Å². The molecule has 8 heavy (non-hydrogen) atoms. The van der Waals surface area contributed by atoms with Gasteiger partial charge in [0.25, 0.3) is 0 Å². The Hall–Kier alpha value is -0.227. The summed E-state index contributed by atoms with van der Waals surface area (Å²) in [6, 6.07) is 5.64. The largest absolute Gasteiger partial charge is 0.261 e. The van der Waals surface area contributed by atoms with Gasteiger partial charge in [-0.25, -0.2) is 0 Å². The third-order valence-corrected chi connectivity index (χ3v) is 0.726. The first-order valence-electron chi connectivity index (χ1n) is 2.12. The molecule has 1 heterocycles. The van der Waals surface area contributed by atoms with Crippen molar-refractivity contribution in [2.75, 3.05) is 0 Å². The van der Waals surface area contributed by atoms with E-state index in [1.54, 1.807) is 6.20 Å². The summed E-state index contributed by atoms with van der Waals surface area (Å²) < 4.78 is 0. The zero-order chi connectivity index (χ0) is 5.11. The molecule has 1 radical (unpaired) electrons. The van der Waals surface area contributed by atoms with E-state index >= 15 is 0 Å². The Kier molecular flexibility index (Phi) is 3.63. The molecule has 0 spiro atoms. The maximum atomic E-state index is 3.87. The summed E-state index contributed by atoms with van der Waals surface area (Å²) in [6.07, 6.45) is 1.72. The van der Waals surface area contributed by atoms with Gasteiger partial charge in [-0.3, -0.25) is 4.98 Å². The molecule has 0 fully saturated rings. The molecule has 37 valence electrons. The number of hydrogen-bond acceptors (Lipinski definition) is 1. The number of hydrogen-bond donors (Lipinski definition) is 0. The third kappa shape index (κ3) is 2.18. The smallest absolute Gasteiger partial charge is 0.0407 e. The van der Waals surface area contributed by atoms with E-state index in [4.69, 9.17) is 0 Å². The SMILES string of the molecule is [CH2]c1ccccn1.[Zn]. The molecule has 0 aliphatic heterocycles. The molecule has 0 unspecified atom stereocenters. The Morgan fingerprint density at radius 3 is 2.38 bits per heavy atom. The Balaban J connectivity index is 0.000000490. The van der Waals surface area contributed by atoms with Crippen LogP contribution in [0.25, 0.3) is 0 Å².